The molecule has 5 nitrogen and oxygen atoms in total. The lowest BCUT2D eigenvalue weighted by atomic mass is 10.3. The molecular weight excluding hydrogens is 213 g/mol. The fourth-order valence-corrected chi connectivity index (χ4v) is 1.36. The Morgan fingerprint density at radius 2 is 2.00 bits per heavy atom. The third kappa shape index (κ3) is 1.77. The van der Waals surface area contributed by atoms with Crippen LogP contribution in [0.1, 0.15) is 5.69 Å². The van der Waals surface area contributed by atoms with Crippen LogP contribution in [0.4, 0.5) is 10.1 Å². The maximum atomic E-state index is 13.3. The van der Waals surface area contributed by atoms with Crippen molar-refractivity contribution in [1.82, 2.24) is 9.78 Å². The fourth-order valence-electron chi connectivity index (χ4n) is 1.36. The number of nitrogens with zero attached hydrogens (tertiary/aromatic N) is 3. The Labute approximate surface area is 90.3 Å². The number of aryl methyl sites for hydroxylation is 1. The van der Waals surface area contributed by atoms with E-state index >= 15 is 0 Å². The van der Waals surface area contributed by atoms with Gasteiger partial charge in [0.25, 0.3) is 5.69 Å². The van der Waals surface area contributed by atoms with Gasteiger partial charge in [0.1, 0.15) is 0 Å². The van der Waals surface area contributed by atoms with Crippen molar-refractivity contribution in [2.45, 2.75) is 6.92 Å². The molecule has 0 N–H and O–H groups in total. The molecule has 1 heterocycles. The first-order valence-electron chi connectivity index (χ1n) is 4.55. The van der Waals surface area contributed by atoms with Crippen molar-refractivity contribution >= 4 is 5.69 Å². The van der Waals surface area contributed by atoms with Crippen LogP contribution in [0.5, 0.6) is 0 Å². The van der Waals surface area contributed by atoms with Crippen LogP contribution in [-0.2, 0) is 0 Å². The average Bonchev–Trinajstić information content (AvgIpc) is 2.58. The summed E-state index contributed by atoms with van der Waals surface area (Å²) in [6.07, 6.45) is 0. The molecule has 0 amide bonds. The van der Waals surface area contributed by atoms with Crippen molar-refractivity contribution in [1.29, 1.82) is 0 Å². The summed E-state index contributed by atoms with van der Waals surface area (Å²) < 4.78 is 14.4. The molecule has 1 aromatic carbocycles. The molecule has 0 saturated carbocycles. The van der Waals surface area contributed by atoms with Crippen LogP contribution < -0.4 is 0 Å². The minimum absolute atomic E-state index is 0.0342. The first-order chi connectivity index (χ1) is 7.58. The molecule has 0 aliphatic heterocycles. The monoisotopic (exact) mass is 221 g/mol. The van der Waals surface area contributed by atoms with E-state index in [1.165, 1.54) is 30.3 Å². The standard InChI is InChI=1S/C10H8FN3O2/c1-7-6-10(11)13(12-7)8-2-4-9(5-3-8)14(15)16/h2-6H,1H3. The number of rotatable bonds is 2. The van der Waals surface area contributed by atoms with Gasteiger partial charge in [-0.1, -0.05) is 0 Å². The molecule has 0 aliphatic rings. The van der Waals surface area contributed by atoms with Crippen LogP contribution >= 0.6 is 0 Å². The highest BCUT2D eigenvalue weighted by atomic mass is 19.1. The molecule has 0 saturated heterocycles. The Kier molecular flexibility index (Phi) is 2.40. The van der Waals surface area contributed by atoms with Gasteiger partial charge in [0, 0.05) is 18.2 Å². The number of non-ortho nitro benzene ring substituents is 1. The van der Waals surface area contributed by atoms with E-state index in [2.05, 4.69) is 5.10 Å². The van der Waals surface area contributed by atoms with Gasteiger partial charge in [-0.2, -0.15) is 9.49 Å². The summed E-state index contributed by atoms with van der Waals surface area (Å²) in [6, 6.07) is 6.82. The van der Waals surface area contributed by atoms with Crippen LogP contribution in [-0.4, -0.2) is 14.7 Å². The van der Waals surface area contributed by atoms with Crippen LogP contribution in [0.25, 0.3) is 5.69 Å². The summed E-state index contributed by atoms with van der Waals surface area (Å²) in [5, 5.41) is 14.4. The molecule has 0 aliphatic carbocycles. The highest BCUT2D eigenvalue weighted by Gasteiger charge is 2.09. The molecule has 82 valence electrons. The number of benzene rings is 1. The van der Waals surface area contributed by atoms with E-state index in [-0.39, 0.29) is 5.69 Å². The second-order valence-corrected chi connectivity index (χ2v) is 3.29. The smallest absolute Gasteiger partial charge is 0.258 e. The Hall–Kier alpha value is -2.24. The summed E-state index contributed by atoms with van der Waals surface area (Å²) in [4.78, 5) is 9.92. The number of nitro groups is 1. The predicted octanol–water partition coefficient (Wildman–Crippen LogP) is 2.23. The fraction of sp³-hybridized carbons (Fsp3) is 0.100. The second-order valence-electron chi connectivity index (χ2n) is 3.29. The molecule has 16 heavy (non-hydrogen) atoms. The van der Waals surface area contributed by atoms with E-state index in [4.69, 9.17) is 0 Å². The third-order valence-corrected chi connectivity index (χ3v) is 2.09. The summed E-state index contributed by atoms with van der Waals surface area (Å²) >= 11 is 0. The van der Waals surface area contributed by atoms with E-state index in [0.29, 0.717) is 11.4 Å². The molecule has 2 rings (SSSR count). The lowest BCUT2D eigenvalue weighted by molar-refractivity contribution is -0.384. The van der Waals surface area contributed by atoms with Crippen molar-refractivity contribution in [3.05, 3.63) is 52.1 Å². The summed E-state index contributed by atoms with van der Waals surface area (Å²) in [7, 11) is 0. The van der Waals surface area contributed by atoms with E-state index in [1.54, 1.807) is 6.92 Å². The molecule has 0 bridgehead atoms. The van der Waals surface area contributed by atoms with Crippen molar-refractivity contribution in [3.8, 4) is 5.69 Å². The molecule has 0 spiro atoms. The highest BCUT2D eigenvalue weighted by molar-refractivity contribution is 5.40. The minimum Gasteiger partial charge on any atom is -0.258 e. The van der Waals surface area contributed by atoms with Crippen molar-refractivity contribution in [3.63, 3.8) is 0 Å². The molecule has 0 atom stereocenters. The Bertz CT molecular complexity index is 533. The van der Waals surface area contributed by atoms with Gasteiger partial charge in [-0.25, -0.2) is 4.68 Å². The number of hydrogen-bond acceptors (Lipinski definition) is 3. The Morgan fingerprint density at radius 1 is 1.38 bits per heavy atom. The highest BCUT2D eigenvalue weighted by Crippen LogP contribution is 2.16. The summed E-state index contributed by atoms with van der Waals surface area (Å²) in [6.45, 7) is 1.67. The van der Waals surface area contributed by atoms with Crippen LogP contribution in [0.3, 0.4) is 0 Å². The third-order valence-electron chi connectivity index (χ3n) is 2.09. The number of halogens is 1. The van der Waals surface area contributed by atoms with Gasteiger partial charge in [-0.05, 0) is 19.1 Å². The average molecular weight is 221 g/mol. The maximum Gasteiger partial charge on any atom is 0.269 e. The first-order valence-corrected chi connectivity index (χ1v) is 4.55. The normalized spacial score (nSPS) is 10.4. The van der Waals surface area contributed by atoms with Gasteiger partial charge in [0.05, 0.1) is 16.3 Å². The first kappa shape index (κ1) is 10.3. The molecule has 0 unspecified atom stereocenters. The topological polar surface area (TPSA) is 61.0 Å². The van der Waals surface area contributed by atoms with Crippen LogP contribution in [0, 0.1) is 23.0 Å². The van der Waals surface area contributed by atoms with Crippen LogP contribution in [0.2, 0.25) is 0 Å². The van der Waals surface area contributed by atoms with Gasteiger partial charge in [-0.3, -0.25) is 10.1 Å². The van der Waals surface area contributed by atoms with Crippen molar-refractivity contribution in [2.75, 3.05) is 0 Å². The van der Waals surface area contributed by atoms with Gasteiger partial charge in [-0.15, -0.1) is 0 Å². The largest absolute Gasteiger partial charge is 0.269 e. The van der Waals surface area contributed by atoms with E-state index in [9.17, 15) is 14.5 Å². The summed E-state index contributed by atoms with van der Waals surface area (Å²) in [5.41, 5.74) is 0.972. The zero-order valence-corrected chi connectivity index (χ0v) is 8.42. The Balaban J connectivity index is 2.42. The maximum absolute atomic E-state index is 13.3. The SMILES string of the molecule is Cc1cc(F)n(-c2ccc([N+](=O)[O-])cc2)n1. The van der Waals surface area contributed by atoms with Crippen molar-refractivity contribution in [2.24, 2.45) is 0 Å². The van der Waals surface area contributed by atoms with Crippen molar-refractivity contribution < 1.29 is 9.31 Å². The van der Waals surface area contributed by atoms with Gasteiger partial charge in [0.15, 0.2) is 0 Å². The minimum atomic E-state index is -0.505. The predicted molar refractivity (Wildman–Crippen MR) is 54.9 cm³/mol. The Morgan fingerprint density at radius 3 is 2.44 bits per heavy atom. The molecule has 6 heteroatoms. The zero-order valence-electron chi connectivity index (χ0n) is 8.42. The van der Waals surface area contributed by atoms with E-state index in [0.717, 1.165) is 4.68 Å². The lowest BCUT2D eigenvalue weighted by Gasteiger charge is -2.00. The number of nitro benzene ring substituents is 1. The van der Waals surface area contributed by atoms with Gasteiger partial charge < -0.3 is 0 Å². The zero-order chi connectivity index (χ0) is 11.7. The van der Waals surface area contributed by atoms with E-state index < -0.39 is 10.9 Å². The molecular formula is C10H8FN3O2. The molecule has 1 aromatic heterocycles. The molecule has 0 radical (unpaired) electrons. The quantitative estimate of drug-likeness (QED) is 0.577. The number of aromatic nitrogens is 2. The van der Waals surface area contributed by atoms with E-state index in [1.807, 2.05) is 0 Å². The molecule has 2 aromatic rings. The second kappa shape index (κ2) is 3.73. The molecule has 0 fully saturated rings. The number of hydrogen-bond donors (Lipinski definition) is 0. The van der Waals surface area contributed by atoms with Crippen LogP contribution in [0.15, 0.2) is 30.3 Å². The lowest BCUT2D eigenvalue weighted by Crippen LogP contribution is -1.99. The summed E-state index contributed by atoms with van der Waals surface area (Å²) in [5.74, 6) is -0.494. The van der Waals surface area contributed by atoms with Gasteiger partial charge >= 0.3 is 0 Å². The van der Waals surface area contributed by atoms with Gasteiger partial charge in [0.2, 0.25) is 5.95 Å².